The SMILES string of the molecule is NC(=O)C1CCCN(c2c(F)cc(C(=O)O)cc2F)C1. The standard InChI is InChI=1S/C13H14F2N2O3/c14-9-4-8(13(19)20)5-10(15)11(9)17-3-1-2-7(6-17)12(16)18/h4-5,7H,1-3,6H2,(H2,16,18)(H,19,20). The zero-order chi connectivity index (χ0) is 14.9. The maximum Gasteiger partial charge on any atom is 0.335 e. The molecule has 1 fully saturated rings. The maximum absolute atomic E-state index is 13.9. The summed E-state index contributed by atoms with van der Waals surface area (Å²) in [6.45, 7) is 0.527. The van der Waals surface area contributed by atoms with Crippen molar-refractivity contribution in [2.45, 2.75) is 12.8 Å². The summed E-state index contributed by atoms with van der Waals surface area (Å²) in [6.07, 6.45) is 1.18. The Kier molecular flexibility index (Phi) is 3.87. The minimum Gasteiger partial charge on any atom is -0.478 e. The summed E-state index contributed by atoms with van der Waals surface area (Å²) in [5.41, 5.74) is 4.46. The predicted molar refractivity (Wildman–Crippen MR) is 67.4 cm³/mol. The average molecular weight is 284 g/mol. The number of benzene rings is 1. The number of carbonyl (C=O) groups excluding carboxylic acids is 1. The lowest BCUT2D eigenvalue weighted by molar-refractivity contribution is -0.122. The monoisotopic (exact) mass is 284 g/mol. The van der Waals surface area contributed by atoms with Crippen molar-refractivity contribution in [3.8, 4) is 0 Å². The average Bonchev–Trinajstić information content (AvgIpc) is 2.38. The van der Waals surface area contributed by atoms with Gasteiger partial charge in [0, 0.05) is 13.1 Å². The number of piperidine rings is 1. The van der Waals surface area contributed by atoms with Crippen molar-refractivity contribution >= 4 is 17.6 Å². The molecule has 0 aliphatic carbocycles. The summed E-state index contributed by atoms with van der Waals surface area (Å²) in [4.78, 5) is 23.3. The van der Waals surface area contributed by atoms with E-state index in [-0.39, 0.29) is 12.2 Å². The smallest absolute Gasteiger partial charge is 0.335 e. The zero-order valence-corrected chi connectivity index (χ0v) is 10.6. The van der Waals surface area contributed by atoms with Crippen molar-refractivity contribution in [2.24, 2.45) is 11.7 Å². The maximum atomic E-state index is 13.9. The molecular formula is C13H14F2N2O3. The van der Waals surface area contributed by atoms with Crippen molar-refractivity contribution in [3.05, 3.63) is 29.3 Å². The highest BCUT2D eigenvalue weighted by Gasteiger charge is 2.28. The highest BCUT2D eigenvalue weighted by Crippen LogP contribution is 2.29. The van der Waals surface area contributed by atoms with E-state index in [1.54, 1.807) is 0 Å². The predicted octanol–water partition coefficient (Wildman–Crippen LogP) is 1.36. The number of amides is 1. The Morgan fingerprint density at radius 3 is 2.40 bits per heavy atom. The van der Waals surface area contributed by atoms with E-state index in [4.69, 9.17) is 10.8 Å². The lowest BCUT2D eigenvalue weighted by atomic mass is 9.96. The van der Waals surface area contributed by atoms with E-state index in [2.05, 4.69) is 0 Å². The Morgan fingerprint density at radius 1 is 1.30 bits per heavy atom. The van der Waals surface area contributed by atoms with Crippen molar-refractivity contribution in [3.63, 3.8) is 0 Å². The third kappa shape index (κ3) is 2.71. The van der Waals surface area contributed by atoms with Crippen LogP contribution in [0.4, 0.5) is 14.5 Å². The summed E-state index contributed by atoms with van der Waals surface area (Å²) in [7, 11) is 0. The molecule has 0 aromatic heterocycles. The number of anilines is 1. The van der Waals surface area contributed by atoms with Crippen LogP contribution in [-0.2, 0) is 4.79 Å². The fourth-order valence-electron chi connectivity index (χ4n) is 2.40. The van der Waals surface area contributed by atoms with Crippen LogP contribution in [-0.4, -0.2) is 30.1 Å². The number of rotatable bonds is 3. The third-order valence-electron chi connectivity index (χ3n) is 3.40. The second kappa shape index (κ2) is 5.44. The molecular weight excluding hydrogens is 270 g/mol. The van der Waals surface area contributed by atoms with Gasteiger partial charge in [0.2, 0.25) is 5.91 Å². The Balaban J connectivity index is 2.33. The van der Waals surface area contributed by atoms with Gasteiger partial charge in [0.1, 0.15) is 17.3 Å². The highest BCUT2D eigenvalue weighted by atomic mass is 19.1. The number of nitrogens with zero attached hydrogens (tertiary/aromatic N) is 1. The highest BCUT2D eigenvalue weighted by molar-refractivity contribution is 5.88. The largest absolute Gasteiger partial charge is 0.478 e. The molecule has 3 N–H and O–H groups in total. The van der Waals surface area contributed by atoms with E-state index in [0.717, 1.165) is 12.1 Å². The quantitative estimate of drug-likeness (QED) is 0.878. The Hall–Kier alpha value is -2.18. The van der Waals surface area contributed by atoms with Gasteiger partial charge in [-0.15, -0.1) is 0 Å². The normalized spacial score (nSPS) is 18.9. The third-order valence-corrected chi connectivity index (χ3v) is 3.40. The number of carbonyl (C=O) groups is 2. The molecule has 5 nitrogen and oxygen atoms in total. The van der Waals surface area contributed by atoms with Crippen LogP contribution in [0.15, 0.2) is 12.1 Å². The number of halogens is 2. The van der Waals surface area contributed by atoms with Crippen LogP contribution in [0.25, 0.3) is 0 Å². The molecule has 1 unspecified atom stereocenters. The first-order valence-corrected chi connectivity index (χ1v) is 6.16. The van der Waals surface area contributed by atoms with Gasteiger partial charge in [0.15, 0.2) is 0 Å². The molecule has 108 valence electrons. The number of hydrogen-bond donors (Lipinski definition) is 2. The molecule has 1 aliphatic heterocycles. The van der Waals surface area contributed by atoms with Crippen LogP contribution < -0.4 is 10.6 Å². The Labute approximate surface area is 114 Å². The van der Waals surface area contributed by atoms with E-state index in [1.165, 1.54) is 4.90 Å². The molecule has 0 bridgehead atoms. The fraction of sp³-hybridized carbons (Fsp3) is 0.385. The molecule has 20 heavy (non-hydrogen) atoms. The summed E-state index contributed by atoms with van der Waals surface area (Å²) in [5, 5.41) is 8.74. The number of primary amides is 1. The molecule has 7 heteroatoms. The molecule has 1 aromatic rings. The molecule has 1 aliphatic rings. The van der Waals surface area contributed by atoms with Crippen molar-refractivity contribution in [1.29, 1.82) is 0 Å². The van der Waals surface area contributed by atoms with E-state index in [9.17, 15) is 18.4 Å². The molecule has 0 spiro atoms. The molecule has 1 aromatic carbocycles. The van der Waals surface area contributed by atoms with Crippen LogP contribution in [0, 0.1) is 17.6 Å². The van der Waals surface area contributed by atoms with Gasteiger partial charge >= 0.3 is 5.97 Å². The Morgan fingerprint density at radius 2 is 1.90 bits per heavy atom. The van der Waals surface area contributed by atoms with Crippen molar-refractivity contribution in [2.75, 3.05) is 18.0 Å². The van der Waals surface area contributed by atoms with E-state index < -0.39 is 35.0 Å². The van der Waals surface area contributed by atoms with E-state index in [1.807, 2.05) is 0 Å². The number of carboxylic acids is 1. The molecule has 1 amide bonds. The second-order valence-electron chi connectivity index (χ2n) is 4.78. The number of carboxylic acid groups (broad SMARTS) is 1. The molecule has 1 saturated heterocycles. The lowest BCUT2D eigenvalue weighted by Crippen LogP contribution is -2.42. The number of nitrogens with two attached hydrogens (primary N) is 1. The van der Waals surface area contributed by atoms with Crippen molar-refractivity contribution < 1.29 is 23.5 Å². The van der Waals surface area contributed by atoms with Crippen LogP contribution in [0.2, 0.25) is 0 Å². The Bertz CT molecular complexity index is 540. The van der Waals surface area contributed by atoms with Gasteiger partial charge in [-0.3, -0.25) is 4.79 Å². The van der Waals surface area contributed by atoms with Gasteiger partial charge < -0.3 is 15.7 Å². The van der Waals surface area contributed by atoms with Crippen LogP contribution >= 0.6 is 0 Å². The summed E-state index contributed by atoms with van der Waals surface area (Å²) in [5.74, 6) is -4.26. The first-order chi connectivity index (χ1) is 9.40. The first kappa shape index (κ1) is 14.2. The van der Waals surface area contributed by atoms with E-state index in [0.29, 0.717) is 19.4 Å². The molecule has 2 rings (SSSR count). The number of aromatic carboxylic acids is 1. The van der Waals surface area contributed by atoms with E-state index >= 15 is 0 Å². The van der Waals surface area contributed by atoms with Crippen molar-refractivity contribution in [1.82, 2.24) is 0 Å². The van der Waals surface area contributed by atoms with Gasteiger partial charge in [-0.05, 0) is 25.0 Å². The summed E-state index contributed by atoms with van der Waals surface area (Å²) < 4.78 is 27.8. The topological polar surface area (TPSA) is 83.6 Å². The minimum atomic E-state index is -1.40. The van der Waals surface area contributed by atoms with Gasteiger partial charge in [-0.25, -0.2) is 13.6 Å². The van der Waals surface area contributed by atoms with Gasteiger partial charge in [-0.2, -0.15) is 0 Å². The fourth-order valence-corrected chi connectivity index (χ4v) is 2.40. The second-order valence-corrected chi connectivity index (χ2v) is 4.78. The molecule has 0 saturated carbocycles. The van der Waals surface area contributed by atoms with Crippen LogP contribution in [0.3, 0.4) is 0 Å². The lowest BCUT2D eigenvalue weighted by Gasteiger charge is -2.33. The molecule has 1 heterocycles. The summed E-state index contributed by atoms with van der Waals surface area (Å²) >= 11 is 0. The van der Waals surface area contributed by atoms with Crippen LogP contribution in [0.1, 0.15) is 23.2 Å². The molecule has 1 atom stereocenters. The zero-order valence-electron chi connectivity index (χ0n) is 10.6. The van der Waals surface area contributed by atoms with Crippen LogP contribution in [0.5, 0.6) is 0 Å². The number of hydrogen-bond acceptors (Lipinski definition) is 3. The molecule has 0 radical (unpaired) electrons. The van der Waals surface area contributed by atoms with Gasteiger partial charge in [0.25, 0.3) is 0 Å². The summed E-state index contributed by atoms with van der Waals surface area (Å²) in [6, 6.07) is 1.54. The van der Waals surface area contributed by atoms with Gasteiger partial charge in [-0.1, -0.05) is 0 Å². The first-order valence-electron chi connectivity index (χ1n) is 6.16. The van der Waals surface area contributed by atoms with Gasteiger partial charge in [0.05, 0.1) is 11.5 Å². The minimum absolute atomic E-state index is 0.135.